The number of nitrogens with zero attached hydrogens (tertiary/aromatic N) is 2. The summed E-state index contributed by atoms with van der Waals surface area (Å²) in [5.41, 5.74) is 12.0. The molecule has 0 fully saturated rings. The molecular weight excluding hydrogens is 414 g/mol. The maximum atomic E-state index is 14.0. The van der Waals surface area contributed by atoms with Crippen molar-refractivity contribution in [2.24, 2.45) is 5.73 Å². The number of carbonyl (C=O) groups is 1. The van der Waals surface area contributed by atoms with E-state index in [4.69, 9.17) is 11.5 Å². The van der Waals surface area contributed by atoms with E-state index < -0.39 is 23.6 Å². The quantitative estimate of drug-likeness (QED) is 0.391. The normalized spacial score (nSPS) is 11.6. The predicted octanol–water partition coefficient (Wildman–Crippen LogP) is 5.19. The number of primary amides is 1. The van der Waals surface area contributed by atoms with E-state index in [-0.39, 0.29) is 22.7 Å². The summed E-state index contributed by atoms with van der Waals surface area (Å²) < 4.78 is 53.2. The fourth-order valence-corrected chi connectivity index (χ4v) is 3.38. The second-order valence-corrected chi connectivity index (χ2v) is 6.72. The molecule has 0 saturated carbocycles. The number of alkyl halides is 3. The van der Waals surface area contributed by atoms with E-state index in [1.807, 2.05) is 0 Å². The molecule has 0 spiro atoms. The van der Waals surface area contributed by atoms with Crippen molar-refractivity contribution >= 4 is 34.1 Å². The minimum absolute atomic E-state index is 0.0293. The molecule has 10 heteroatoms. The number of amides is 2. The van der Waals surface area contributed by atoms with E-state index in [0.29, 0.717) is 16.5 Å². The van der Waals surface area contributed by atoms with E-state index in [1.54, 1.807) is 12.1 Å². The first-order chi connectivity index (χ1) is 14.7. The monoisotopic (exact) mass is 429 g/mol. The Morgan fingerprint density at radius 1 is 1.00 bits per heavy atom. The Labute approximate surface area is 173 Å². The summed E-state index contributed by atoms with van der Waals surface area (Å²) in [4.78, 5) is 13.0. The molecule has 1 aromatic heterocycles. The Bertz CT molecular complexity index is 1280. The topological polar surface area (TPSA) is 101 Å². The highest BCUT2D eigenvalue weighted by Crippen LogP contribution is 2.36. The molecule has 3 aromatic carbocycles. The van der Waals surface area contributed by atoms with Gasteiger partial charge in [0.15, 0.2) is 5.82 Å². The van der Waals surface area contributed by atoms with Crippen molar-refractivity contribution in [3.05, 3.63) is 72.0 Å². The second kappa shape index (κ2) is 7.31. The lowest BCUT2D eigenvalue weighted by Gasteiger charge is -2.22. The number of aromatic amines is 1. The van der Waals surface area contributed by atoms with Crippen molar-refractivity contribution in [1.29, 1.82) is 0 Å². The highest BCUT2D eigenvalue weighted by molar-refractivity contribution is 6.02. The first kappa shape index (κ1) is 20.2. The van der Waals surface area contributed by atoms with Gasteiger partial charge >= 0.3 is 12.2 Å². The fraction of sp³-hybridized carbons (Fsp3) is 0.0476. The molecule has 0 bridgehead atoms. The third kappa shape index (κ3) is 3.63. The summed E-state index contributed by atoms with van der Waals surface area (Å²) in [6, 6.07) is 12.4. The molecule has 0 aliphatic carbocycles. The molecule has 0 aliphatic rings. The van der Waals surface area contributed by atoms with Gasteiger partial charge in [0.2, 0.25) is 0 Å². The number of carbonyl (C=O) groups excluding carboxylic acids is 1. The molecule has 4 aromatic rings. The van der Waals surface area contributed by atoms with Crippen LogP contribution in [0.15, 0.2) is 60.7 Å². The van der Waals surface area contributed by atoms with Crippen LogP contribution < -0.4 is 16.4 Å². The average Bonchev–Trinajstić information content (AvgIpc) is 3.11. The second-order valence-electron chi connectivity index (χ2n) is 6.72. The number of nitrogens with one attached hydrogen (secondary N) is 1. The predicted molar refractivity (Wildman–Crippen MR) is 109 cm³/mol. The third-order valence-electron chi connectivity index (χ3n) is 4.79. The van der Waals surface area contributed by atoms with Crippen molar-refractivity contribution < 1.29 is 22.4 Å². The zero-order chi connectivity index (χ0) is 22.3. The largest absolute Gasteiger partial charge is 0.416 e. The number of nitrogens with two attached hydrogens (primary N) is 2. The van der Waals surface area contributed by atoms with Crippen molar-refractivity contribution in [2.75, 3.05) is 10.6 Å². The van der Waals surface area contributed by atoms with Crippen LogP contribution >= 0.6 is 0 Å². The number of urea groups is 1. The van der Waals surface area contributed by atoms with Crippen LogP contribution in [0.4, 0.5) is 39.5 Å². The first-order valence-electron chi connectivity index (χ1n) is 8.96. The molecule has 4 rings (SSSR count). The van der Waals surface area contributed by atoms with Gasteiger partial charge in [-0.05, 0) is 47.5 Å². The van der Waals surface area contributed by atoms with Crippen LogP contribution in [0.25, 0.3) is 22.0 Å². The van der Waals surface area contributed by atoms with E-state index in [9.17, 15) is 22.4 Å². The SMILES string of the molecule is NC(=O)N(c1ccc(-c2ccc(F)c3[nH]nc(N)c23)cc1)c1cccc(C(F)(F)F)c1. The summed E-state index contributed by atoms with van der Waals surface area (Å²) >= 11 is 0. The van der Waals surface area contributed by atoms with Crippen molar-refractivity contribution in [2.45, 2.75) is 6.18 Å². The van der Waals surface area contributed by atoms with Gasteiger partial charge in [-0.3, -0.25) is 10.00 Å². The minimum atomic E-state index is -4.57. The van der Waals surface area contributed by atoms with Gasteiger partial charge in [0.1, 0.15) is 11.3 Å². The molecule has 6 nitrogen and oxygen atoms in total. The number of H-pyrrole nitrogens is 1. The lowest BCUT2D eigenvalue weighted by atomic mass is 10.0. The van der Waals surface area contributed by atoms with Crippen molar-refractivity contribution in [3.63, 3.8) is 0 Å². The van der Waals surface area contributed by atoms with Crippen LogP contribution in [0.5, 0.6) is 0 Å². The van der Waals surface area contributed by atoms with E-state index in [0.717, 1.165) is 17.0 Å². The molecule has 5 N–H and O–H groups in total. The number of aromatic nitrogens is 2. The number of benzene rings is 3. The molecule has 1 heterocycles. The van der Waals surface area contributed by atoms with Crippen LogP contribution in [-0.2, 0) is 6.18 Å². The van der Waals surface area contributed by atoms with E-state index in [2.05, 4.69) is 10.2 Å². The summed E-state index contributed by atoms with van der Waals surface area (Å²) in [5.74, 6) is -0.389. The number of rotatable bonds is 3. The minimum Gasteiger partial charge on any atom is -0.382 e. The molecule has 0 unspecified atom stereocenters. The summed E-state index contributed by atoms with van der Waals surface area (Å²) in [7, 11) is 0. The number of halogens is 4. The number of fused-ring (bicyclic) bond motifs is 1. The van der Waals surface area contributed by atoms with Crippen LogP contribution in [0.1, 0.15) is 5.56 Å². The van der Waals surface area contributed by atoms with Crippen LogP contribution in [0.3, 0.4) is 0 Å². The molecule has 158 valence electrons. The van der Waals surface area contributed by atoms with Crippen LogP contribution in [0, 0.1) is 5.82 Å². The fourth-order valence-electron chi connectivity index (χ4n) is 3.38. The lowest BCUT2D eigenvalue weighted by molar-refractivity contribution is -0.137. The van der Waals surface area contributed by atoms with Gasteiger partial charge in [-0.2, -0.15) is 18.3 Å². The van der Waals surface area contributed by atoms with Gasteiger partial charge in [-0.25, -0.2) is 9.18 Å². The Hall–Kier alpha value is -4.08. The Kier molecular flexibility index (Phi) is 4.77. The highest BCUT2D eigenvalue weighted by Gasteiger charge is 2.31. The molecule has 0 radical (unpaired) electrons. The van der Waals surface area contributed by atoms with Crippen LogP contribution in [0.2, 0.25) is 0 Å². The maximum Gasteiger partial charge on any atom is 0.416 e. The van der Waals surface area contributed by atoms with Gasteiger partial charge < -0.3 is 11.5 Å². The Balaban J connectivity index is 1.76. The van der Waals surface area contributed by atoms with Gasteiger partial charge in [-0.1, -0.05) is 24.3 Å². The van der Waals surface area contributed by atoms with Crippen molar-refractivity contribution in [1.82, 2.24) is 10.2 Å². The number of hydrogen-bond acceptors (Lipinski definition) is 3. The molecule has 0 aliphatic heterocycles. The lowest BCUT2D eigenvalue weighted by Crippen LogP contribution is -2.31. The zero-order valence-corrected chi connectivity index (χ0v) is 15.7. The molecule has 0 atom stereocenters. The molecule has 0 saturated heterocycles. The average molecular weight is 429 g/mol. The number of anilines is 3. The zero-order valence-electron chi connectivity index (χ0n) is 15.7. The van der Waals surface area contributed by atoms with E-state index in [1.165, 1.54) is 36.4 Å². The smallest absolute Gasteiger partial charge is 0.382 e. The summed E-state index contributed by atoms with van der Waals surface area (Å²) in [5, 5.41) is 6.77. The third-order valence-corrected chi connectivity index (χ3v) is 4.79. The summed E-state index contributed by atoms with van der Waals surface area (Å²) in [6.07, 6.45) is -4.57. The first-order valence-corrected chi connectivity index (χ1v) is 8.96. The molecule has 31 heavy (non-hydrogen) atoms. The van der Waals surface area contributed by atoms with E-state index >= 15 is 0 Å². The van der Waals surface area contributed by atoms with Gasteiger partial charge in [0, 0.05) is 0 Å². The highest BCUT2D eigenvalue weighted by atomic mass is 19.4. The maximum absolute atomic E-state index is 14.0. The van der Waals surface area contributed by atoms with Crippen LogP contribution in [-0.4, -0.2) is 16.2 Å². The summed E-state index contributed by atoms with van der Waals surface area (Å²) in [6.45, 7) is 0. The van der Waals surface area contributed by atoms with Gasteiger partial charge in [-0.15, -0.1) is 0 Å². The standard InChI is InChI=1S/C21H15F4N5O/c22-16-9-8-15(17-18(16)28-29-19(17)26)11-4-6-13(7-5-11)30(20(27)31)14-3-1-2-12(10-14)21(23,24)25/h1-10H,(H2,27,31)(H3,26,28,29). The Morgan fingerprint density at radius 2 is 1.71 bits per heavy atom. The Morgan fingerprint density at radius 3 is 2.35 bits per heavy atom. The molecular formula is C21H15F4N5O. The number of nitrogen functional groups attached to an aromatic ring is 1. The molecule has 2 amide bonds. The number of hydrogen-bond donors (Lipinski definition) is 3. The van der Waals surface area contributed by atoms with Gasteiger partial charge in [0.25, 0.3) is 0 Å². The van der Waals surface area contributed by atoms with Gasteiger partial charge in [0.05, 0.1) is 22.3 Å². The van der Waals surface area contributed by atoms with Crippen molar-refractivity contribution in [3.8, 4) is 11.1 Å².